The summed E-state index contributed by atoms with van der Waals surface area (Å²) in [7, 11) is -2.79. The fraction of sp³-hybridized carbons (Fsp3) is 0.521. The van der Waals surface area contributed by atoms with Gasteiger partial charge < -0.3 is 64.4 Å². The largest absolute Gasteiger partial charge is 0.507 e. The Bertz CT molecular complexity index is 3950. The van der Waals surface area contributed by atoms with Crippen LogP contribution in [0.25, 0.3) is 10.8 Å². The number of likely N-dealkylation sites (tertiary alicyclic amines) is 1. The number of piperidine rings is 1. The summed E-state index contributed by atoms with van der Waals surface area (Å²) in [4.78, 5) is 121. The minimum atomic E-state index is -4.18. The summed E-state index contributed by atoms with van der Waals surface area (Å²) in [5.74, 6) is -8.66. The minimum Gasteiger partial charge on any atom is -0.507 e. The zero-order valence-electron chi connectivity index (χ0n) is 57.9. The van der Waals surface area contributed by atoms with Gasteiger partial charge in [-0.3, -0.25) is 38.3 Å². The summed E-state index contributed by atoms with van der Waals surface area (Å²) in [6.07, 6.45) is 6.40. The molecule has 4 aromatic carbocycles. The number of fused-ring (bicyclic) bond motifs is 13. The summed E-state index contributed by atoms with van der Waals surface area (Å²) in [5.41, 5.74) is -0.555. The lowest BCUT2D eigenvalue weighted by molar-refractivity contribution is -0.161. The first-order valence-corrected chi connectivity index (χ1v) is 35.0. The van der Waals surface area contributed by atoms with Crippen LogP contribution in [0.4, 0.5) is 5.69 Å². The molecule has 1 saturated heterocycles. The van der Waals surface area contributed by atoms with Crippen LogP contribution in [0, 0.1) is 48.3 Å². The highest BCUT2D eigenvalue weighted by Crippen LogP contribution is 2.52. The van der Waals surface area contributed by atoms with Gasteiger partial charge in [-0.1, -0.05) is 125 Å². The van der Waals surface area contributed by atoms with E-state index in [0.29, 0.717) is 49.4 Å². The lowest BCUT2D eigenvalue weighted by atomic mass is 9.72. The molecule has 0 aliphatic carbocycles. The Morgan fingerprint density at radius 1 is 0.917 bits per heavy atom. The molecule has 518 valence electrons. The third-order valence-electron chi connectivity index (χ3n) is 19.8. The molecule has 5 aliphatic heterocycles. The van der Waals surface area contributed by atoms with Crippen LogP contribution in [0.2, 0.25) is 0 Å². The number of carbonyl (C=O) groups excluding carboxylic acids is 7. The maximum Gasteiger partial charge on any atom is 0.325 e. The number of nitrogens with one attached hydrogen (secondary N) is 2. The van der Waals surface area contributed by atoms with Crippen LogP contribution in [-0.4, -0.2) is 141 Å². The molecule has 96 heavy (non-hydrogen) atoms. The van der Waals surface area contributed by atoms with Crippen molar-refractivity contribution in [1.82, 2.24) is 15.1 Å². The average molecular weight is 1340 g/mol. The molecule has 5 heterocycles. The number of aldehydes is 1. The first kappa shape index (κ1) is 73.8. The van der Waals surface area contributed by atoms with E-state index >= 15 is 0 Å². The van der Waals surface area contributed by atoms with Crippen LogP contribution < -0.4 is 36.1 Å². The number of aliphatic hydroxyl groups is 1. The molecule has 4 aromatic rings. The Kier molecular flexibility index (Phi) is 22.9. The molecule has 0 saturated carbocycles. The number of hydrogen-bond acceptors (Lipinski definition) is 18. The number of rotatable bonds is 17. The number of anilines is 1. The van der Waals surface area contributed by atoms with Crippen molar-refractivity contribution in [2.24, 2.45) is 51.4 Å². The maximum absolute atomic E-state index is 15.0. The SMILES string of the molecule is CCC(=O)Oc1ccc(P(=O)(O)CC=O)cc1C(C)(C)CC(=O)N[C@@H](Cc1ccccc1)C(=O)N(C)CC(=O)O[C@@H]1[C@@H](C)[C@@H](O)[C@@H](C)[C@H](C)[C@H](C)[C@@H](C)/C=C/O[C@@]2(C)Oc3c(C)c(O)c4c(O)c(c5c(c4c3C2=O)NC2(CCN(CC(C)C)CC2)N=5)=NC(=O)/C(C)=C\C=C\[C@@H]1C. The average Bonchev–Trinajstić information content (AvgIpc) is 1.51. The quantitative estimate of drug-likeness (QED) is 0.0189. The van der Waals surface area contributed by atoms with Gasteiger partial charge in [-0.25, -0.2) is 4.99 Å². The molecule has 1 fully saturated rings. The van der Waals surface area contributed by atoms with E-state index in [9.17, 15) is 58.3 Å². The summed E-state index contributed by atoms with van der Waals surface area (Å²) in [6.45, 7) is 27.0. The van der Waals surface area contributed by atoms with E-state index in [-0.39, 0.29) is 103 Å². The minimum absolute atomic E-state index is 0.000607. The van der Waals surface area contributed by atoms with Crippen LogP contribution in [-0.2, 0) is 54.6 Å². The zero-order chi connectivity index (χ0) is 70.7. The third-order valence-corrected chi connectivity index (χ3v) is 21.5. The number of esters is 2. The van der Waals surface area contributed by atoms with E-state index < -0.39 is 114 Å². The summed E-state index contributed by atoms with van der Waals surface area (Å²) in [6, 6.07) is 11.7. The van der Waals surface area contributed by atoms with Gasteiger partial charge in [-0.15, -0.1) is 0 Å². The molecule has 5 aliphatic rings. The van der Waals surface area contributed by atoms with Crippen LogP contribution in [0.1, 0.15) is 143 Å². The zero-order valence-corrected chi connectivity index (χ0v) is 58.7. The molecule has 0 aromatic heterocycles. The topological polar surface area (TPSA) is 310 Å². The normalized spacial score (nSPS) is 26.0. The number of ether oxygens (including phenoxy) is 4. The van der Waals surface area contributed by atoms with E-state index in [1.165, 1.54) is 51.4 Å². The predicted molar refractivity (Wildman–Crippen MR) is 364 cm³/mol. The van der Waals surface area contributed by atoms with Crippen molar-refractivity contribution in [2.45, 2.75) is 164 Å². The van der Waals surface area contributed by atoms with E-state index in [0.717, 1.165) is 11.4 Å². The number of allylic oxidation sites excluding steroid dienone is 3. The molecule has 0 radical (unpaired) electrons. The van der Waals surface area contributed by atoms with Crippen LogP contribution in [0.15, 0.2) is 94.7 Å². The van der Waals surface area contributed by atoms with Gasteiger partial charge in [0.05, 0.1) is 35.2 Å². The number of amides is 3. The molecule has 1 unspecified atom stereocenters. The van der Waals surface area contributed by atoms with Crippen molar-refractivity contribution in [2.75, 3.05) is 44.7 Å². The molecular weight excluding hydrogens is 1250 g/mol. The van der Waals surface area contributed by atoms with Gasteiger partial charge in [0.1, 0.15) is 58.6 Å². The Labute approximate surface area is 561 Å². The fourth-order valence-corrected chi connectivity index (χ4v) is 14.5. The van der Waals surface area contributed by atoms with Gasteiger partial charge in [0.15, 0.2) is 5.75 Å². The van der Waals surface area contributed by atoms with Crippen molar-refractivity contribution in [3.63, 3.8) is 0 Å². The van der Waals surface area contributed by atoms with Crippen molar-refractivity contribution >= 4 is 70.9 Å². The van der Waals surface area contributed by atoms with Crippen molar-refractivity contribution in [3.8, 4) is 23.0 Å². The Hall–Kier alpha value is -8.04. The summed E-state index contributed by atoms with van der Waals surface area (Å²) < 4.78 is 37.8. The number of Topliss-reactive ketones (excluding diaryl/α,β-unsaturated/α-hetero) is 1. The van der Waals surface area contributed by atoms with Gasteiger partial charge in [0.25, 0.3) is 11.7 Å². The Morgan fingerprint density at radius 3 is 2.24 bits per heavy atom. The molecule has 9 rings (SSSR count). The molecule has 1 spiro atoms. The van der Waals surface area contributed by atoms with Crippen molar-refractivity contribution < 1.29 is 77.3 Å². The molecule has 11 atom stereocenters. The van der Waals surface area contributed by atoms with E-state index in [1.807, 2.05) is 33.8 Å². The molecule has 5 bridgehead atoms. The van der Waals surface area contributed by atoms with Crippen LogP contribution in [0.3, 0.4) is 0 Å². The number of likely N-dealkylation sites (N-methyl/N-ethyl adjacent to an activating group) is 1. The maximum atomic E-state index is 15.0. The highest BCUT2D eigenvalue weighted by Gasteiger charge is 2.51. The van der Waals surface area contributed by atoms with Crippen LogP contribution >= 0.6 is 7.37 Å². The highest BCUT2D eigenvalue weighted by atomic mass is 31.2. The number of hydrogen-bond donors (Lipinski definition) is 6. The number of phenolic OH excluding ortho intramolecular Hbond substituents is 2. The van der Waals surface area contributed by atoms with Gasteiger partial charge in [-0.2, -0.15) is 0 Å². The third kappa shape index (κ3) is 15.8. The molecule has 22 nitrogen and oxygen atoms in total. The van der Waals surface area contributed by atoms with Gasteiger partial charge in [-0.05, 0) is 73.3 Å². The van der Waals surface area contributed by atoms with E-state index in [1.54, 1.807) is 84.0 Å². The number of nitrogens with zero attached hydrogens (tertiary/aromatic N) is 4. The summed E-state index contributed by atoms with van der Waals surface area (Å²) in [5, 5.41) is 43.2. The van der Waals surface area contributed by atoms with Crippen molar-refractivity contribution in [1.29, 1.82) is 0 Å². The molecular formula is C73H95N6O16P. The standard InChI is InChI=1S/C73H95N6O16P/c1-16-55(82)93-53-26-25-50(96(90,91)34-32-80)36-51(53)71(12,13)37-54(81)74-52(35-49-23-18-17-19-24-49)70(89)78(15)39-56(83)94-66-42(5)21-20-22-43(6)69(88)75-62-61-60(76-73(77-61)28-30-79(31-29-73)38-40(2)3)57-58(65(62)86)64(85)48(11)67-59(57)68(87)72(14,95-67)92-33-27-41(4)44(7)45(8)46(9)63(84)47(66)10/h17-27,32-33,36,40-42,44-47,52,63,66,76,84-86H,16,28-31,34-35,37-39H2,1-15H3,(H,74,81)(H,90,91)/b21-20+,33-27+,43-22-,75-62?/t41-,42-,44+,45+,46-,47-,52-,63-,66-,72-/m0/s1. The number of phenols is 2. The Morgan fingerprint density at radius 2 is 1.59 bits per heavy atom. The molecule has 3 amide bonds. The van der Waals surface area contributed by atoms with Gasteiger partial charge in [0.2, 0.25) is 19.2 Å². The van der Waals surface area contributed by atoms with Crippen LogP contribution in [0.5, 0.6) is 23.0 Å². The smallest absolute Gasteiger partial charge is 0.325 e. The number of benzene rings is 4. The first-order chi connectivity index (χ1) is 45.1. The van der Waals surface area contributed by atoms with Gasteiger partial charge >= 0.3 is 17.7 Å². The van der Waals surface area contributed by atoms with Crippen molar-refractivity contribution in [3.05, 3.63) is 118 Å². The highest BCUT2D eigenvalue weighted by molar-refractivity contribution is 7.66. The second kappa shape index (κ2) is 29.8. The Balaban J connectivity index is 1.11. The predicted octanol–water partition coefficient (Wildman–Crippen LogP) is 8.59. The number of aromatic hydroxyl groups is 2. The van der Waals surface area contributed by atoms with E-state index in [4.69, 9.17) is 23.9 Å². The second-order valence-electron chi connectivity index (χ2n) is 28.0. The van der Waals surface area contributed by atoms with Gasteiger partial charge in [0, 0.05) is 110 Å². The lowest BCUT2D eigenvalue weighted by Crippen LogP contribution is -2.51. The first-order valence-electron chi connectivity index (χ1n) is 33.2. The number of ketones is 1. The lowest BCUT2D eigenvalue weighted by Gasteiger charge is -2.38. The summed E-state index contributed by atoms with van der Waals surface area (Å²) >= 11 is 0. The molecule has 6 N–H and O–H groups in total. The fourth-order valence-electron chi connectivity index (χ4n) is 13.5. The molecule has 23 heteroatoms. The second-order valence-corrected chi connectivity index (χ2v) is 30.3. The number of carbonyl (C=O) groups is 7. The monoisotopic (exact) mass is 1340 g/mol. The number of aliphatic hydroxyl groups excluding tert-OH is 1. The van der Waals surface area contributed by atoms with E-state index in [2.05, 4.69) is 34.4 Å².